The lowest BCUT2D eigenvalue weighted by molar-refractivity contribution is 0.751. The number of fused-ring (bicyclic) bond motifs is 2. The predicted octanol–water partition coefficient (Wildman–Crippen LogP) is 5.33. The van der Waals surface area contributed by atoms with E-state index in [-0.39, 0.29) is 0 Å². The van der Waals surface area contributed by atoms with E-state index in [0.717, 1.165) is 44.7 Å². The molecule has 0 aliphatic carbocycles. The monoisotopic (exact) mass is 389 g/mol. The Morgan fingerprint density at radius 2 is 1.57 bits per heavy atom. The maximum Gasteiger partial charge on any atom is 0.241 e. The summed E-state index contributed by atoms with van der Waals surface area (Å²) >= 11 is 0. The van der Waals surface area contributed by atoms with Gasteiger partial charge in [-0.2, -0.15) is 4.48 Å². The Balaban J connectivity index is 1.55. The zero-order valence-electron chi connectivity index (χ0n) is 16.0. The van der Waals surface area contributed by atoms with Crippen molar-refractivity contribution in [1.29, 1.82) is 0 Å². The van der Waals surface area contributed by atoms with Crippen LogP contribution in [0.5, 0.6) is 0 Å². The van der Waals surface area contributed by atoms with Crippen LogP contribution >= 0.6 is 0 Å². The van der Waals surface area contributed by atoms with Crippen molar-refractivity contribution < 1.29 is 0 Å². The van der Waals surface area contributed by atoms with Gasteiger partial charge in [-0.25, -0.2) is 9.98 Å². The highest BCUT2D eigenvalue weighted by Gasteiger charge is 2.36. The molecule has 4 heterocycles. The largest absolute Gasteiger partial charge is 0.292 e. The molecule has 5 aromatic rings. The highest BCUT2D eigenvalue weighted by atomic mass is 15.4. The van der Waals surface area contributed by atoms with Gasteiger partial charge in [-0.05, 0) is 24.3 Å². The van der Waals surface area contributed by atoms with Gasteiger partial charge in [0.25, 0.3) is 0 Å². The Morgan fingerprint density at radius 1 is 0.733 bits per heavy atom. The molecule has 1 N–H and O–H groups in total. The molecular weight excluding hydrogens is 372 g/mol. The lowest BCUT2D eigenvalue weighted by Gasteiger charge is -2.25. The summed E-state index contributed by atoms with van der Waals surface area (Å²) in [7, 11) is 0. The Kier molecular flexibility index (Phi) is 3.60. The Hall–Kier alpha value is -4.16. The third kappa shape index (κ3) is 2.41. The number of aliphatic imine (C=N–C) groups is 1. The van der Waals surface area contributed by atoms with E-state index in [1.807, 2.05) is 73.6 Å². The van der Waals surface area contributed by atoms with Crippen LogP contribution in [-0.2, 0) is 0 Å². The van der Waals surface area contributed by atoms with Crippen molar-refractivity contribution in [3.63, 3.8) is 0 Å². The molecule has 0 spiro atoms. The van der Waals surface area contributed by atoms with Crippen molar-refractivity contribution in [3.8, 4) is 11.4 Å². The Bertz CT molecular complexity index is 1440. The molecule has 6 rings (SSSR count). The second-order valence-corrected chi connectivity index (χ2v) is 7.18. The summed E-state index contributed by atoms with van der Waals surface area (Å²) < 4.78 is 0.319. The fraction of sp³-hybridized carbons (Fsp3) is 0. The summed E-state index contributed by atoms with van der Waals surface area (Å²) in [4.78, 5) is 21.7. The lowest BCUT2D eigenvalue weighted by Crippen LogP contribution is -2.35. The van der Waals surface area contributed by atoms with Gasteiger partial charge in [0, 0.05) is 29.4 Å². The van der Waals surface area contributed by atoms with E-state index in [9.17, 15) is 0 Å². The second-order valence-electron chi connectivity index (χ2n) is 7.18. The maximum absolute atomic E-state index is 4.72. The highest BCUT2D eigenvalue weighted by Crippen LogP contribution is 2.40. The fourth-order valence-corrected chi connectivity index (χ4v) is 4.09. The van der Waals surface area contributed by atoms with Crippen LogP contribution in [0.4, 0.5) is 11.5 Å². The zero-order chi connectivity index (χ0) is 20.0. The van der Waals surface area contributed by atoms with Crippen molar-refractivity contribution >= 4 is 39.6 Å². The van der Waals surface area contributed by atoms with Crippen molar-refractivity contribution in [1.82, 2.24) is 24.4 Å². The van der Waals surface area contributed by atoms with Crippen LogP contribution in [0.3, 0.4) is 0 Å². The molecular formula is C24H17N6+. The second kappa shape index (κ2) is 6.43. The van der Waals surface area contributed by atoms with Crippen molar-refractivity contribution in [2.75, 3.05) is 0 Å². The summed E-state index contributed by atoms with van der Waals surface area (Å²) in [5.41, 5.74) is 3.97. The van der Waals surface area contributed by atoms with Gasteiger partial charge in [-0.1, -0.05) is 30.3 Å². The average molecular weight is 389 g/mol. The summed E-state index contributed by atoms with van der Waals surface area (Å²) in [6.07, 6.45) is 11.3. The molecule has 0 amide bonds. The number of nitrogens with one attached hydrogen (secondary N) is 1. The van der Waals surface area contributed by atoms with Crippen molar-refractivity contribution in [2.24, 2.45) is 4.99 Å². The van der Waals surface area contributed by atoms with Crippen LogP contribution in [0.2, 0.25) is 0 Å². The van der Waals surface area contributed by atoms with Crippen LogP contribution < -0.4 is 4.48 Å². The summed E-state index contributed by atoms with van der Waals surface area (Å²) in [5.74, 6) is 1.70. The van der Waals surface area contributed by atoms with Gasteiger partial charge >= 0.3 is 0 Å². The first kappa shape index (κ1) is 16.8. The smallest absolute Gasteiger partial charge is 0.241 e. The normalized spacial score (nSPS) is 17.9. The van der Waals surface area contributed by atoms with Gasteiger partial charge in [0.15, 0.2) is 5.69 Å². The van der Waals surface area contributed by atoms with E-state index in [1.165, 1.54) is 0 Å². The molecule has 0 radical (unpaired) electrons. The van der Waals surface area contributed by atoms with Gasteiger partial charge < -0.3 is 0 Å². The molecule has 0 saturated carbocycles. The van der Waals surface area contributed by atoms with Crippen LogP contribution in [0, 0.1) is 0 Å². The number of nitrogens with zero attached hydrogens (tertiary/aromatic N) is 5. The zero-order valence-corrected chi connectivity index (χ0v) is 16.0. The number of pyridine rings is 2. The molecule has 6 heteroatoms. The summed E-state index contributed by atoms with van der Waals surface area (Å²) in [6.45, 7) is 0. The molecule has 0 saturated heterocycles. The molecule has 0 fully saturated rings. The Morgan fingerprint density at radius 3 is 2.50 bits per heavy atom. The van der Waals surface area contributed by atoms with E-state index in [2.05, 4.69) is 38.1 Å². The summed E-state index contributed by atoms with van der Waals surface area (Å²) in [6, 6.07) is 20.3. The van der Waals surface area contributed by atoms with Gasteiger partial charge in [-0.15, -0.1) is 0 Å². The molecule has 0 bridgehead atoms. The number of hydrogen-bond donors (Lipinski definition) is 1. The minimum atomic E-state index is 0.319. The van der Waals surface area contributed by atoms with Crippen LogP contribution in [0.25, 0.3) is 33.2 Å². The molecule has 3 aromatic heterocycles. The average Bonchev–Trinajstić information content (AvgIpc) is 3.49. The summed E-state index contributed by atoms with van der Waals surface area (Å²) in [5, 5.41) is 2.14. The molecule has 1 unspecified atom stereocenters. The van der Waals surface area contributed by atoms with Gasteiger partial charge in [-0.3, -0.25) is 15.0 Å². The predicted molar refractivity (Wildman–Crippen MR) is 120 cm³/mol. The third-order valence-electron chi connectivity index (χ3n) is 5.52. The molecule has 6 nitrogen and oxygen atoms in total. The number of hydrogen-bond acceptors (Lipinski definition) is 4. The van der Waals surface area contributed by atoms with Gasteiger partial charge in [0.1, 0.15) is 18.2 Å². The van der Waals surface area contributed by atoms with Crippen LogP contribution in [0.1, 0.15) is 0 Å². The quantitative estimate of drug-likeness (QED) is 0.424. The van der Waals surface area contributed by atoms with E-state index in [1.54, 1.807) is 6.20 Å². The van der Waals surface area contributed by atoms with Crippen molar-refractivity contribution in [3.05, 3.63) is 91.7 Å². The van der Waals surface area contributed by atoms with Crippen LogP contribution in [0.15, 0.2) is 96.6 Å². The molecule has 142 valence electrons. The molecule has 1 aliphatic rings. The first-order valence-electron chi connectivity index (χ1n) is 9.70. The highest BCUT2D eigenvalue weighted by molar-refractivity contribution is 6.00. The van der Waals surface area contributed by atoms with Crippen molar-refractivity contribution in [2.45, 2.75) is 0 Å². The van der Waals surface area contributed by atoms with Gasteiger partial charge in [0.2, 0.25) is 12.2 Å². The van der Waals surface area contributed by atoms with E-state index < -0.39 is 0 Å². The van der Waals surface area contributed by atoms with E-state index in [4.69, 9.17) is 4.98 Å². The number of rotatable bonds is 3. The number of imidazole rings is 1. The number of para-hydroxylation sites is 1. The molecule has 1 aliphatic heterocycles. The topological polar surface area (TPSA) is 66.8 Å². The number of H-pyrrole nitrogens is 1. The molecule has 30 heavy (non-hydrogen) atoms. The Labute approximate surface area is 172 Å². The standard InChI is InChI=1S/C24H17N6/c1-2-8-21-19(5-1)22(10-12-27-21)30(14-13-25-16-30)23-15-28-24(29-23)18-6-3-9-20-17(18)7-4-11-26-20/h1-16H,(H,28,29)/q+1. The SMILES string of the molecule is C1=C[N+](c2cnc(-c3cccc4ncccc34)[nH]2)(c2ccnc3ccccc23)C=N1. The fourth-order valence-electron chi connectivity index (χ4n) is 4.09. The molecule has 1 atom stereocenters. The van der Waals surface area contributed by atoms with E-state index >= 15 is 0 Å². The number of aromatic nitrogens is 4. The number of aromatic amines is 1. The first-order valence-corrected chi connectivity index (χ1v) is 9.70. The van der Waals surface area contributed by atoms with Crippen LogP contribution in [-0.4, -0.2) is 26.3 Å². The lowest BCUT2D eigenvalue weighted by atomic mass is 10.1. The number of benzene rings is 2. The third-order valence-corrected chi connectivity index (χ3v) is 5.52. The minimum absolute atomic E-state index is 0.319. The minimum Gasteiger partial charge on any atom is -0.292 e. The van der Waals surface area contributed by atoms with E-state index in [0.29, 0.717) is 4.48 Å². The number of quaternary nitrogens is 1. The maximum atomic E-state index is 4.72. The first-order chi connectivity index (χ1) is 14.9. The van der Waals surface area contributed by atoms with Gasteiger partial charge in [0.05, 0.1) is 22.6 Å². The molecule has 2 aromatic carbocycles.